The molecule has 6 heteroatoms. The number of carboxylic acid groups (broad SMARTS) is 1. The Labute approximate surface area is 122 Å². The Morgan fingerprint density at radius 2 is 2.05 bits per heavy atom. The van der Waals surface area contributed by atoms with Gasteiger partial charge in [0.1, 0.15) is 6.04 Å². The number of carbonyl (C=O) groups is 2. The van der Waals surface area contributed by atoms with Crippen LogP contribution in [0.25, 0.3) is 0 Å². The normalized spacial score (nSPS) is 28.2. The molecular weight excluding hydrogens is 272 g/mol. The quantitative estimate of drug-likeness (QED) is 0.709. The molecule has 1 saturated heterocycles. The number of aliphatic hydroxyl groups excluding tert-OH is 1. The van der Waals surface area contributed by atoms with E-state index in [0.29, 0.717) is 13.1 Å². The molecule has 112 valence electrons. The predicted octanol–water partition coefficient (Wildman–Crippen LogP) is -0.0802. The monoisotopic (exact) mass is 290 g/mol. The van der Waals surface area contributed by atoms with E-state index in [4.69, 9.17) is 0 Å². The van der Waals surface area contributed by atoms with Crippen molar-refractivity contribution < 1.29 is 19.8 Å². The number of β-amino-alcohol motifs (C(OH)–C–C–N with tert-alkyl or cyclic N) is 1. The first-order chi connectivity index (χ1) is 10.1. The second kappa shape index (κ2) is 5.46. The molecule has 6 nitrogen and oxygen atoms in total. The zero-order valence-electron chi connectivity index (χ0n) is 11.5. The number of carboxylic acids is 1. The fourth-order valence-corrected chi connectivity index (χ4v) is 3.21. The lowest BCUT2D eigenvalue weighted by atomic mass is 9.89. The van der Waals surface area contributed by atoms with Crippen molar-refractivity contribution in [3.8, 4) is 0 Å². The van der Waals surface area contributed by atoms with E-state index in [1.807, 2.05) is 24.3 Å². The summed E-state index contributed by atoms with van der Waals surface area (Å²) in [5.74, 6) is -1.67. The molecule has 2 aliphatic rings. The van der Waals surface area contributed by atoms with Crippen LogP contribution in [0.4, 0.5) is 0 Å². The standard InChI is InChI=1S/C15H18N2O4/c18-10-5-13(15(20)21)17(8-10)14(19)12-7-16-6-9-3-1-2-4-11(9)12/h1-4,10,12-13,16,18H,5-8H2,(H,20,21)/t10?,12?,13-/m0/s1. The van der Waals surface area contributed by atoms with E-state index in [2.05, 4.69) is 5.32 Å². The first-order valence-corrected chi connectivity index (χ1v) is 7.08. The van der Waals surface area contributed by atoms with E-state index < -0.39 is 18.1 Å². The molecule has 2 heterocycles. The summed E-state index contributed by atoms with van der Waals surface area (Å²) in [6.45, 7) is 1.30. The Balaban J connectivity index is 1.87. The number of nitrogens with one attached hydrogen (secondary N) is 1. The third kappa shape index (κ3) is 2.52. The first-order valence-electron chi connectivity index (χ1n) is 7.08. The van der Waals surface area contributed by atoms with Gasteiger partial charge in [0.15, 0.2) is 0 Å². The Morgan fingerprint density at radius 1 is 1.29 bits per heavy atom. The van der Waals surface area contributed by atoms with Gasteiger partial charge in [0.05, 0.1) is 12.0 Å². The lowest BCUT2D eigenvalue weighted by Gasteiger charge is -2.30. The molecule has 0 aromatic heterocycles. The van der Waals surface area contributed by atoms with Crippen LogP contribution in [0.3, 0.4) is 0 Å². The van der Waals surface area contributed by atoms with Crippen LogP contribution in [0.2, 0.25) is 0 Å². The van der Waals surface area contributed by atoms with Crippen molar-refractivity contribution in [2.45, 2.75) is 31.0 Å². The number of nitrogens with zero attached hydrogens (tertiary/aromatic N) is 1. The third-order valence-corrected chi connectivity index (χ3v) is 4.24. The molecule has 0 aliphatic carbocycles. The highest BCUT2D eigenvalue weighted by molar-refractivity contribution is 5.89. The van der Waals surface area contributed by atoms with Crippen molar-refractivity contribution in [2.75, 3.05) is 13.1 Å². The summed E-state index contributed by atoms with van der Waals surface area (Å²) in [5, 5.41) is 22.1. The molecule has 3 rings (SSSR count). The van der Waals surface area contributed by atoms with Crippen molar-refractivity contribution in [3.63, 3.8) is 0 Å². The minimum atomic E-state index is -1.06. The molecule has 3 atom stereocenters. The van der Waals surface area contributed by atoms with Crippen LogP contribution < -0.4 is 5.32 Å². The fourth-order valence-electron chi connectivity index (χ4n) is 3.21. The van der Waals surface area contributed by atoms with Gasteiger partial charge in [-0.2, -0.15) is 0 Å². The summed E-state index contributed by atoms with van der Waals surface area (Å²) in [4.78, 5) is 25.3. The molecule has 2 aliphatic heterocycles. The number of rotatable bonds is 2. The summed E-state index contributed by atoms with van der Waals surface area (Å²) < 4.78 is 0. The number of benzene rings is 1. The van der Waals surface area contributed by atoms with Crippen molar-refractivity contribution in [3.05, 3.63) is 35.4 Å². The summed E-state index contributed by atoms with van der Waals surface area (Å²) >= 11 is 0. The topological polar surface area (TPSA) is 89.9 Å². The Bertz CT molecular complexity index is 575. The Hall–Kier alpha value is -1.92. The van der Waals surface area contributed by atoms with Gasteiger partial charge in [0, 0.05) is 26.1 Å². The zero-order chi connectivity index (χ0) is 15.0. The van der Waals surface area contributed by atoms with Crippen molar-refractivity contribution in [2.24, 2.45) is 0 Å². The summed E-state index contributed by atoms with van der Waals surface area (Å²) in [6.07, 6.45) is -0.662. The number of amides is 1. The van der Waals surface area contributed by atoms with Crippen LogP contribution in [0, 0.1) is 0 Å². The number of fused-ring (bicyclic) bond motifs is 1. The van der Waals surface area contributed by atoms with Crippen LogP contribution in [0.5, 0.6) is 0 Å². The average Bonchev–Trinajstić information content (AvgIpc) is 2.88. The van der Waals surface area contributed by atoms with Gasteiger partial charge in [-0.25, -0.2) is 4.79 Å². The van der Waals surface area contributed by atoms with E-state index >= 15 is 0 Å². The second-order valence-corrected chi connectivity index (χ2v) is 5.62. The maximum atomic E-state index is 12.7. The van der Waals surface area contributed by atoms with Crippen LogP contribution >= 0.6 is 0 Å². The van der Waals surface area contributed by atoms with E-state index in [1.54, 1.807) is 0 Å². The van der Waals surface area contributed by atoms with E-state index in [0.717, 1.165) is 11.1 Å². The largest absolute Gasteiger partial charge is 0.480 e. The number of aliphatic carboxylic acids is 1. The van der Waals surface area contributed by atoms with Gasteiger partial charge in [0.25, 0.3) is 0 Å². The van der Waals surface area contributed by atoms with Crippen LogP contribution in [0.15, 0.2) is 24.3 Å². The summed E-state index contributed by atoms with van der Waals surface area (Å²) in [6, 6.07) is 6.77. The van der Waals surface area contributed by atoms with Crippen molar-refractivity contribution in [1.82, 2.24) is 10.2 Å². The van der Waals surface area contributed by atoms with Gasteiger partial charge in [-0.3, -0.25) is 4.79 Å². The molecule has 2 unspecified atom stereocenters. The predicted molar refractivity (Wildman–Crippen MR) is 74.7 cm³/mol. The zero-order valence-corrected chi connectivity index (χ0v) is 11.5. The van der Waals surface area contributed by atoms with Crippen LogP contribution in [0.1, 0.15) is 23.5 Å². The number of hydrogen-bond acceptors (Lipinski definition) is 4. The number of likely N-dealkylation sites (tertiary alicyclic amines) is 1. The number of carbonyl (C=O) groups excluding carboxylic acids is 1. The van der Waals surface area contributed by atoms with Gasteiger partial charge >= 0.3 is 5.97 Å². The first kappa shape index (κ1) is 14.0. The molecule has 1 fully saturated rings. The highest BCUT2D eigenvalue weighted by atomic mass is 16.4. The molecule has 1 aromatic carbocycles. The molecule has 1 aromatic rings. The molecular formula is C15H18N2O4. The van der Waals surface area contributed by atoms with Gasteiger partial charge in [-0.1, -0.05) is 24.3 Å². The minimum Gasteiger partial charge on any atom is -0.480 e. The van der Waals surface area contributed by atoms with Gasteiger partial charge < -0.3 is 20.4 Å². The fraction of sp³-hybridized carbons (Fsp3) is 0.467. The van der Waals surface area contributed by atoms with Crippen molar-refractivity contribution >= 4 is 11.9 Å². The van der Waals surface area contributed by atoms with Gasteiger partial charge in [-0.15, -0.1) is 0 Å². The molecule has 21 heavy (non-hydrogen) atoms. The maximum absolute atomic E-state index is 12.7. The highest BCUT2D eigenvalue weighted by Crippen LogP contribution is 2.29. The van der Waals surface area contributed by atoms with Crippen LogP contribution in [-0.2, 0) is 16.1 Å². The SMILES string of the molecule is O=C(O)[C@@H]1CC(O)CN1C(=O)C1CNCc2ccccc21. The molecule has 1 amide bonds. The lowest BCUT2D eigenvalue weighted by molar-refractivity contribution is -0.148. The Morgan fingerprint density at radius 3 is 2.81 bits per heavy atom. The van der Waals surface area contributed by atoms with Gasteiger partial charge in [-0.05, 0) is 11.1 Å². The van der Waals surface area contributed by atoms with E-state index in [9.17, 15) is 19.8 Å². The maximum Gasteiger partial charge on any atom is 0.326 e. The van der Waals surface area contributed by atoms with E-state index in [-0.39, 0.29) is 24.8 Å². The summed E-state index contributed by atoms with van der Waals surface area (Å²) in [5.41, 5.74) is 2.01. The lowest BCUT2D eigenvalue weighted by Crippen LogP contribution is -2.46. The molecule has 3 N–H and O–H groups in total. The van der Waals surface area contributed by atoms with Crippen LogP contribution in [-0.4, -0.2) is 52.2 Å². The second-order valence-electron chi connectivity index (χ2n) is 5.62. The Kier molecular flexibility index (Phi) is 3.65. The number of aliphatic hydroxyl groups is 1. The smallest absolute Gasteiger partial charge is 0.326 e. The van der Waals surface area contributed by atoms with Gasteiger partial charge in [0.2, 0.25) is 5.91 Å². The number of hydrogen-bond donors (Lipinski definition) is 3. The summed E-state index contributed by atoms with van der Waals surface area (Å²) in [7, 11) is 0. The molecule has 0 saturated carbocycles. The highest BCUT2D eigenvalue weighted by Gasteiger charge is 2.42. The third-order valence-electron chi connectivity index (χ3n) is 4.24. The molecule has 0 radical (unpaired) electrons. The molecule has 0 spiro atoms. The molecule has 0 bridgehead atoms. The van der Waals surface area contributed by atoms with E-state index in [1.165, 1.54) is 4.90 Å². The average molecular weight is 290 g/mol. The minimum absolute atomic E-state index is 0.0917. The van der Waals surface area contributed by atoms with Crippen molar-refractivity contribution in [1.29, 1.82) is 0 Å².